The molecular formula is C27H21ClN6O3S2. The Balaban J connectivity index is 1.54. The molecule has 0 saturated heterocycles. The number of thioether (sulfide) groups is 1. The highest BCUT2D eigenvalue weighted by atomic mass is 35.5. The molecule has 0 saturated carbocycles. The van der Waals surface area contributed by atoms with Gasteiger partial charge >= 0.3 is 5.97 Å². The van der Waals surface area contributed by atoms with Crippen molar-refractivity contribution in [2.45, 2.75) is 10.8 Å². The summed E-state index contributed by atoms with van der Waals surface area (Å²) in [5.74, 6) is 0.507. The normalized spacial score (nSPS) is 10.5. The van der Waals surface area contributed by atoms with E-state index in [0.717, 1.165) is 16.3 Å². The second kappa shape index (κ2) is 13.1. The molecule has 0 aliphatic rings. The summed E-state index contributed by atoms with van der Waals surface area (Å²) in [6, 6.07) is 18.6. The number of hydrogen-bond acceptors (Lipinski definition) is 11. The first-order chi connectivity index (χ1) is 18.9. The van der Waals surface area contributed by atoms with Crippen LogP contribution >= 0.6 is 34.7 Å². The predicted molar refractivity (Wildman–Crippen MR) is 151 cm³/mol. The maximum absolute atomic E-state index is 11.1. The molecule has 2 heterocycles. The fourth-order valence-corrected chi connectivity index (χ4v) is 5.47. The third-order valence-corrected chi connectivity index (χ3v) is 7.54. The SMILES string of the molecule is N#Cc1c(N)nc(SCc2csc(-c3ccc(Cl)cc3)n2)c(C#N)c1-c1ccc(OCCOC(=O)CN)cc1. The molecular weight excluding hydrogens is 556 g/mol. The molecule has 2 aromatic heterocycles. The smallest absolute Gasteiger partial charge is 0.319 e. The van der Waals surface area contributed by atoms with Crippen LogP contribution in [0.3, 0.4) is 0 Å². The highest BCUT2D eigenvalue weighted by Crippen LogP contribution is 2.37. The Kier molecular flexibility index (Phi) is 9.36. The second-order valence-corrected chi connectivity index (χ2v) is 10.1. The van der Waals surface area contributed by atoms with Crippen LogP contribution in [0.5, 0.6) is 5.75 Å². The number of nitrogen functional groups attached to an aromatic ring is 1. The van der Waals surface area contributed by atoms with Gasteiger partial charge in [0.05, 0.1) is 17.8 Å². The Morgan fingerprint density at radius 3 is 2.36 bits per heavy atom. The first-order valence-electron chi connectivity index (χ1n) is 11.5. The first kappa shape index (κ1) is 27.9. The summed E-state index contributed by atoms with van der Waals surface area (Å²) in [6.45, 7) is 0.0224. The van der Waals surface area contributed by atoms with Crippen molar-refractivity contribution in [3.05, 3.63) is 75.8 Å². The Morgan fingerprint density at radius 1 is 1.00 bits per heavy atom. The van der Waals surface area contributed by atoms with Crippen molar-refractivity contribution in [2.24, 2.45) is 5.73 Å². The lowest BCUT2D eigenvalue weighted by Crippen LogP contribution is -2.19. The van der Waals surface area contributed by atoms with Gasteiger partial charge in [-0.15, -0.1) is 11.3 Å². The molecule has 196 valence electrons. The van der Waals surface area contributed by atoms with E-state index in [4.69, 9.17) is 32.5 Å². The summed E-state index contributed by atoms with van der Waals surface area (Å²) in [5.41, 5.74) is 14.5. The van der Waals surface area contributed by atoms with E-state index < -0.39 is 5.97 Å². The van der Waals surface area contributed by atoms with E-state index in [1.165, 1.54) is 23.1 Å². The van der Waals surface area contributed by atoms with Crippen molar-refractivity contribution in [1.29, 1.82) is 10.5 Å². The lowest BCUT2D eigenvalue weighted by atomic mass is 9.97. The number of thiazole rings is 1. The van der Waals surface area contributed by atoms with Crippen LogP contribution in [0.15, 0.2) is 58.9 Å². The molecule has 12 heteroatoms. The zero-order valence-electron chi connectivity index (χ0n) is 20.4. The molecule has 0 atom stereocenters. The average Bonchev–Trinajstić information content (AvgIpc) is 3.43. The minimum atomic E-state index is -0.511. The molecule has 0 spiro atoms. The average molecular weight is 577 g/mol. The summed E-state index contributed by atoms with van der Waals surface area (Å²) >= 11 is 8.82. The van der Waals surface area contributed by atoms with E-state index in [0.29, 0.717) is 32.7 Å². The first-order valence-corrected chi connectivity index (χ1v) is 13.7. The number of rotatable bonds is 10. The molecule has 0 unspecified atom stereocenters. The van der Waals surface area contributed by atoms with Gasteiger partial charge in [-0.3, -0.25) is 4.79 Å². The fraction of sp³-hybridized carbons (Fsp3) is 0.148. The number of anilines is 1. The zero-order chi connectivity index (χ0) is 27.8. The van der Waals surface area contributed by atoms with Crippen LogP contribution in [0.4, 0.5) is 5.82 Å². The van der Waals surface area contributed by atoms with Crippen molar-refractivity contribution in [3.8, 4) is 39.6 Å². The van der Waals surface area contributed by atoms with Crippen molar-refractivity contribution in [3.63, 3.8) is 0 Å². The number of esters is 1. The molecule has 0 bridgehead atoms. The van der Waals surface area contributed by atoms with Gasteiger partial charge in [0, 0.05) is 27.3 Å². The van der Waals surface area contributed by atoms with Gasteiger partial charge in [0.2, 0.25) is 0 Å². The minimum Gasteiger partial charge on any atom is -0.490 e. The summed E-state index contributed by atoms with van der Waals surface area (Å²) in [6.07, 6.45) is 0. The highest BCUT2D eigenvalue weighted by molar-refractivity contribution is 7.98. The van der Waals surface area contributed by atoms with Gasteiger partial charge < -0.3 is 20.9 Å². The van der Waals surface area contributed by atoms with E-state index in [1.807, 2.05) is 29.6 Å². The van der Waals surface area contributed by atoms with E-state index in [1.54, 1.807) is 24.3 Å². The topological polar surface area (TPSA) is 161 Å². The van der Waals surface area contributed by atoms with Crippen molar-refractivity contribution >= 4 is 46.5 Å². The molecule has 9 nitrogen and oxygen atoms in total. The third kappa shape index (κ3) is 6.85. The maximum Gasteiger partial charge on any atom is 0.319 e. The van der Waals surface area contributed by atoms with Crippen LogP contribution in [-0.4, -0.2) is 35.7 Å². The molecule has 0 amide bonds. The fourth-order valence-electron chi connectivity index (χ4n) is 3.52. The molecule has 4 N–H and O–H groups in total. The minimum absolute atomic E-state index is 0.0381. The quantitative estimate of drug-likeness (QED) is 0.149. The summed E-state index contributed by atoms with van der Waals surface area (Å²) in [5, 5.41) is 23.7. The van der Waals surface area contributed by atoms with Crippen molar-refractivity contribution in [2.75, 3.05) is 25.5 Å². The molecule has 2 aromatic carbocycles. The summed E-state index contributed by atoms with van der Waals surface area (Å²) in [4.78, 5) is 20.2. The molecule has 4 aromatic rings. The van der Waals surface area contributed by atoms with Gasteiger partial charge in [-0.2, -0.15) is 10.5 Å². The number of benzene rings is 2. The Morgan fingerprint density at radius 2 is 1.69 bits per heavy atom. The number of carbonyl (C=O) groups is 1. The highest BCUT2D eigenvalue weighted by Gasteiger charge is 2.21. The number of hydrogen-bond donors (Lipinski definition) is 2. The lowest BCUT2D eigenvalue weighted by molar-refractivity contribution is -0.142. The van der Waals surface area contributed by atoms with Gasteiger partial charge in [0.15, 0.2) is 0 Å². The molecule has 4 rings (SSSR count). The van der Waals surface area contributed by atoms with E-state index in [2.05, 4.69) is 22.1 Å². The Hall–Kier alpha value is -4.13. The van der Waals surface area contributed by atoms with Gasteiger partial charge in [-0.05, 0) is 29.8 Å². The molecule has 39 heavy (non-hydrogen) atoms. The van der Waals surface area contributed by atoms with Crippen LogP contribution in [0.1, 0.15) is 16.8 Å². The number of nitrogens with two attached hydrogens (primary N) is 2. The van der Waals surface area contributed by atoms with Crippen molar-refractivity contribution in [1.82, 2.24) is 9.97 Å². The standard InChI is InChI=1S/C27H21ClN6O3S2/c28-18-5-1-17(2-6-18)26-33-19(14-38-26)15-39-27-22(12-30)24(21(11-29)25(32)34-27)16-3-7-20(8-4-16)36-9-10-37-23(35)13-31/h1-8,14H,9-10,13,15,31H2,(H2,32,34). The molecule has 0 fully saturated rings. The third-order valence-electron chi connectivity index (χ3n) is 5.34. The number of nitrogens with zero attached hydrogens (tertiary/aromatic N) is 4. The predicted octanol–water partition coefficient (Wildman–Crippen LogP) is 5.02. The monoisotopic (exact) mass is 576 g/mol. The maximum atomic E-state index is 11.1. The van der Waals surface area contributed by atoms with Gasteiger partial charge in [0.25, 0.3) is 0 Å². The van der Waals surface area contributed by atoms with Crippen molar-refractivity contribution < 1.29 is 14.3 Å². The Bertz CT molecular complexity index is 1560. The second-order valence-electron chi connectivity index (χ2n) is 7.89. The number of ether oxygens (including phenoxy) is 2. The Labute approximate surface area is 238 Å². The lowest BCUT2D eigenvalue weighted by Gasteiger charge is -2.13. The van der Waals surface area contributed by atoms with Crippen LogP contribution in [0.25, 0.3) is 21.7 Å². The van der Waals surface area contributed by atoms with Crippen LogP contribution in [0.2, 0.25) is 5.02 Å². The van der Waals surface area contributed by atoms with E-state index in [9.17, 15) is 15.3 Å². The number of aromatic nitrogens is 2. The largest absolute Gasteiger partial charge is 0.490 e. The number of pyridine rings is 1. The zero-order valence-corrected chi connectivity index (χ0v) is 22.8. The molecule has 0 aliphatic carbocycles. The molecule has 0 aliphatic heterocycles. The van der Waals surface area contributed by atoms with Gasteiger partial charge in [-0.1, -0.05) is 47.6 Å². The van der Waals surface area contributed by atoms with Gasteiger partial charge in [-0.25, -0.2) is 9.97 Å². The summed E-state index contributed by atoms with van der Waals surface area (Å²) < 4.78 is 10.5. The number of carbonyl (C=O) groups excluding carboxylic acids is 1. The van der Waals surface area contributed by atoms with E-state index >= 15 is 0 Å². The number of halogens is 1. The van der Waals surface area contributed by atoms with E-state index in [-0.39, 0.29) is 36.7 Å². The summed E-state index contributed by atoms with van der Waals surface area (Å²) in [7, 11) is 0. The van der Waals surface area contributed by atoms with Crippen LogP contribution in [0, 0.1) is 22.7 Å². The number of nitriles is 2. The van der Waals surface area contributed by atoms with Crippen LogP contribution < -0.4 is 16.2 Å². The molecule has 0 radical (unpaired) electrons. The van der Waals surface area contributed by atoms with Gasteiger partial charge in [0.1, 0.15) is 52.5 Å². The van der Waals surface area contributed by atoms with Crippen LogP contribution in [-0.2, 0) is 15.3 Å².